The quantitative estimate of drug-likeness (QED) is 0.473. The van der Waals surface area contributed by atoms with Gasteiger partial charge in [0.25, 0.3) is 5.91 Å². The smallest absolute Gasteiger partial charge is 0.253 e. The lowest BCUT2D eigenvalue weighted by atomic mass is 10.1. The topological polar surface area (TPSA) is 60.9 Å². The molecule has 8 heteroatoms. The minimum absolute atomic E-state index is 0.122. The number of halogens is 1. The van der Waals surface area contributed by atoms with Crippen LogP contribution in [0.25, 0.3) is 0 Å². The fourth-order valence-corrected chi connectivity index (χ4v) is 5.73. The van der Waals surface area contributed by atoms with Gasteiger partial charge in [0.2, 0.25) is 10.0 Å². The van der Waals surface area contributed by atoms with E-state index in [1.807, 2.05) is 23.1 Å². The summed E-state index contributed by atoms with van der Waals surface area (Å²) in [6, 6.07) is 22.6. The van der Waals surface area contributed by atoms with Gasteiger partial charge in [-0.05, 0) is 60.9 Å². The van der Waals surface area contributed by atoms with E-state index >= 15 is 0 Å². The third-order valence-corrected chi connectivity index (χ3v) is 8.19. The van der Waals surface area contributed by atoms with Gasteiger partial charge in [-0.1, -0.05) is 36.4 Å². The van der Waals surface area contributed by atoms with E-state index in [0.717, 1.165) is 18.5 Å². The molecule has 1 saturated heterocycles. The Morgan fingerprint density at radius 3 is 2.29 bits per heavy atom. The lowest BCUT2D eigenvalue weighted by Crippen LogP contribution is -2.48. The van der Waals surface area contributed by atoms with Crippen LogP contribution in [-0.4, -0.2) is 63.3 Å². The van der Waals surface area contributed by atoms with Gasteiger partial charge in [0.15, 0.2) is 0 Å². The fourth-order valence-electron chi connectivity index (χ4n) is 4.26. The Hall–Kier alpha value is -3.23. The number of benzene rings is 3. The normalized spacial score (nSPS) is 14.6. The second-order valence-corrected chi connectivity index (χ2v) is 10.6. The van der Waals surface area contributed by atoms with E-state index in [-0.39, 0.29) is 16.6 Å². The zero-order valence-electron chi connectivity index (χ0n) is 19.8. The van der Waals surface area contributed by atoms with Crippen molar-refractivity contribution in [1.29, 1.82) is 0 Å². The number of carbonyl (C=O) groups excluding carboxylic acids is 1. The van der Waals surface area contributed by atoms with E-state index in [1.54, 1.807) is 36.2 Å². The Morgan fingerprint density at radius 1 is 0.914 bits per heavy atom. The Bertz CT molecular complexity index is 1240. The van der Waals surface area contributed by atoms with Crippen molar-refractivity contribution in [2.24, 2.45) is 0 Å². The molecule has 1 heterocycles. The van der Waals surface area contributed by atoms with Gasteiger partial charge >= 0.3 is 0 Å². The average molecular weight is 496 g/mol. The molecule has 0 bridgehead atoms. The van der Waals surface area contributed by atoms with Crippen LogP contribution in [-0.2, 0) is 16.4 Å². The average Bonchev–Trinajstić information content (AvgIpc) is 2.89. The molecule has 0 radical (unpaired) electrons. The second kappa shape index (κ2) is 11.0. The molecule has 0 saturated carbocycles. The Kier molecular flexibility index (Phi) is 7.83. The summed E-state index contributed by atoms with van der Waals surface area (Å²) < 4.78 is 41.2. The highest BCUT2D eigenvalue weighted by atomic mass is 32.2. The maximum Gasteiger partial charge on any atom is 0.253 e. The molecule has 0 aliphatic carbocycles. The molecule has 1 fully saturated rings. The number of sulfonamides is 1. The predicted molar refractivity (Wildman–Crippen MR) is 136 cm³/mol. The van der Waals surface area contributed by atoms with Crippen molar-refractivity contribution < 1.29 is 17.6 Å². The first-order valence-electron chi connectivity index (χ1n) is 11.7. The summed E-state index contributed by atoms with van der Waals surface area (Å²) in [5.74, 6) is -0.498. The van der Waals surface area contributed by atoms with Crippen molar-refractivity contribution in [3.63, 3.8) is 0 Å². The summed E-state index contributed by atoms with van der Waals surface area (Å²) in [6.07, 6.45) is 1.69. The number of nitrogens with zero attached hydrogens (tertiary/aromatic N) is 3. The minimum atomic E-state index is -3.73. The van der Waals surface area contributed by atoms with E-state index in [0.29, 0.717) is 38.3 Å². The van der Waals surface area contributed by atoms with Crippen molar-refractivity contribution in [2.45, 2.75) is 17.7 Å². The van der Waals surface area contributed by atoms with E-state index in [2.05, 4.69) is 12.1 Å². The largest absolute Gasteiger partial charge is 0.369 e. The van der Waals surface area contributed by atoms with Gasteiger partial charge in [-0.2, -0.15) is 4.31 Å². The molecule has 6 nitrogen and oxygen atoms in total. The van der Waals surface area contributed by atoms with Crippen LogP contribution in [0.1, 0.15) is 22.3 Å². The number of amides is 1. The zero-order valence-corrected chi connectivity index (χ0v) is 20.6. The van der Waals surface area contributed by atoms with Crippen LogP contribution in [0, 0.1) is 5.82 Å². The Morgan fingerprint density at radius 2 is 1.60 bits per heavy atom. The van der Waals surface area contributed by atoms with Gasteiger partial charge in [-0.25, -0.2) is 12.8 Å². The van der Waals surface area contributed by atoms with Crippen molar-refractivity contribution >= 4 is 21.6 Å². The number of anilines is 1. The lowest BCUT2D eigenvalue weighted by molar-refractivity contribution is 0.0793. The summed E-state index contributed by atoms with van der Waals surface area (Å²) in [7, 11) is -1.99. The standard InChI is InChI=1S/C27H30FN3O3S/c1-29(16-6-9-22-7-3-2-4-8-22)27(32)23-10-5-11-26(21-23)35(33,34)31-19-17-30(18-20-31)25-14-12-24(28)13-15-25/h2-5,7-8,10-15,21H,6,9,16-20H2,1H3. The maximum absolute atomic E-state index is 13.3. The van der Waals surface area contributed by atoms with Gasteiger partial charge in [-0.15, -0.1) is 0 Å². The van der Waals surface area contributed by atoms with Gasteiger partial charge < -0.3 is 9.80 Å². The number of piperazine rings is 1. The van der Waals surface area contributed by atoms with Crippen molar-refractivity contribution in [2.75, 3.05) is 44.7 Å². The van der Waals surface area contributed by atoms with Crippen LogP contribution in [0.3, 0.4) is 0 Å². The Balaban J connectivity index is 1.37. The molecule has 0 aromatic heterocycles. The monoisotopic (exact) mass is 495 g/mol. The minimum Gasteiger partial charge on any atom is -0.369 e. The van der Waals surface area contributed by atoms with Crippen LogP contribution in [0.2, 0.25) is 0 Å². The molecule has 1 aliphatic rings. The third kappa shape index (κ3) is 6.07. The first-order valence-corrected chi connectivity index (χ1v) is 13.2. The van der Waals surface area contributed by atoms with E-state index in [9.17, 15) is 17.6 Å². The van der Waals surface area contributed by atoms with Gasteiger partial charge in [0, 0.05) is 51.0 Å². The third-order valence-electron chi connectivity index (χ3n) is 6.30. The van der Waals surface area contributed by atoms with Gasteiger partial charge in [0.1, 0.15) is 5.82 Å². The molecule has 0 spiro atoms. The first kappa shape index (κ1) is 24.9. The number of aryl methyl sites for hydroxylation is 1. The predicted octanol–water partition coefficient (Wildman–Crippen LogP) is 4.04. The van der Waals surface area contributed by atoms with Crippen molar-refractivity contribution in [1.82, 2.24) is 9.21 Å². The van der Waals surface area contributed by atoms with Crippen LogP contribution < -0.4 is 4.90 Å². The summed E-state index contributed by atoms with van der Waals surface area (Å²) in [4.78, 5) is 16.7. The highest BCUT2D eigenvalue weighted by molar-refractivity contribution is 7.89. The van der Waals surface area contributed by atoms with Crippen LogP contribution in [0.5, 0.6) is 0 Å². The first-order chi connectivity index (χ1) is 16.8. The van der Waals surface area contributed by atoms with Crippen LogP contribution >= 0.6 is 0 Å². The SMILES string of the molecule is CN(CCCc1ccccc1)C(=O)c1cccc(S(=O)(=O)N2CCN(c3ccc(F)cc3)CC2)c1. The molecule has 3 aromatic rings. The highest BCUT2D eigenvalue weighted by Gasteiger charge is 2.29. The molecule has 0 N–H and O–H groups in total. The van der Waals surface area contributed by atoms with E-state index in [1.165, 1.54) is 34.1 Å². The Labute approximate surface area is 206 Å². The number of hydrogen-bond donors (Lipinski definition) is 0. The molecule has 3 aromatic carbocycles. The molecule has 184 valence electrons. The van der Waals surface area contributed by atoms with E-state index < -0.39 is 10.0 Å². The van der Waals surface area contributed by atoms with Crippen molar-refractivity contribution in [3.8, 4) is 0 Å². The molecular formula is C27H30FN3O3S. The number of hydrogen-bond acceptors (Lipinski definition) is 4. The zero-order chi connectivity index (χ0) is 24.8. The van der Waals surface area contributed by atoms with E-state index in [4.69, 9.17) is 0 Å². The van der Waals surface area contributed by atoms with Crippen LogP contribution in [0.4, 0.5) is 10.1 Å². The summed E-state index contributed by atoms with van der Waals surface area (Å²) in [5, 5.41) is 0. The molecule has 35 heavy (non-hydrogen) atoms. The van der Waals surface area contributed by atoms with Crippen LogP contribution in [0.15, 0.2) is 83.8 Å². The maximum atomic E-state index is 13.3. The molecule has 0 unspecified atom stereocenters. The summed E-state index contributed by atoms with van der Waals surface area (Å²) in [6.45, 7) is 2.23. The highest BCUT2D eigenvalue weighted by Crippen LogP contribution is 2.22. The number of rotatable bonds is 8. The van der Waals surface area contributed by atoms with Gasteiger partial charge in [-0.3, -0.25) is 4.79 Å². The molecule has 1 aliphatic heterocycles. The van der Waals surface area contributed by atoms with Crippen molar-refractivity contribution in [3.05, 3.63) is 95.8 Å². The second-order valence-electron chi connectivity index (χ2n) is 8.71. The van der Waals surface area contributed by atoms with Gasteiger partial charge in [0.05, 0.1) is 4.90 Å². The molecular weight excluding hydrogens is 465 g/mol. The molecule has 1 amide bonds. The fraction of sp³-hybridized carbons (Fsp3) is 0.296. The summed E-state index contributed by atoms with van der Waals surface area (Å²) in [5.41, 5.74) is 2.45. The summed E-state index contributed by atoms with van der Waals surface area (Å²) >= 11 is 0. The lowest BCUT2D eigenvalue weighted by Gasteiger charge is -2.35. The number of carbonyl (C=O) groups is 1. The molecule has 4 rings (SSSR count). The molecule has 0 atom stereocenters.